The van der Waals surface area contributed by atoms with Crippen LogP contribution >= 0.6 is 11.3 Å². The SMILES string of the molecule is Cc1ccc(-c2cnnc(-n3nc(C)c4c3NC(=O)C[C@@H]4c3ccsc3)n2)cc1. The summed E-state index contributed by atoms with van der Waals surface area (Å²) in [7, 11) is 0. The Morgan fingerprint density at radius 2 is 2.00 bits per heavy atom. The minimum absolute atomic E-state index is 0.0213. The lowest BCUT2D eigenvalue weighted by Gasteiger charge is -2.23. The van der Waals surface area contributed by atoms with Crippen LogP contribution in [0.15, 0.2) is 47.3 Å². The fraction of sp³-hybridized carbons (Fsp3) is 0.190. The summed E-state index contributed by atoms with van der Waals surface area (Å²) < 4.78 is 1.59. The molecule has 1 N–H and O–H groups in total. The van der Waals surface area contributed by atoms with Gasteiger partial charge < -0.3 is 5.32 Å². The molecule has 1 aliphatic rings. The second-order valence-electron chi connectivity index (χ2n) is 7.13. The highest BCUT2D eigenvalue weighted by Crippen LogP contribution is 2.40. The summed E-state index contributed by atoms with van der Waals surface area (Å²) in [5.74, 6) is 0.890. The molecule has 5 rings (SSSR count). The fourth-order valence-corrected chi connectivity index (χ4v) is 4.41. The lowest BCUT2D eigenvalue weighted by molar-refractivity contribution is -0.116. The molecule has 1 aliphatic heterocycles. The predicted octanol–water partition coefficient (Wildman–Crippen LogP) is 3.88. The van der Waals surface area contributed by atoms with E-state index in [9.17, 15) is 4.79 Å². The third-order valence-corrected chi connectivity index (χ3v) is 5.83. The van der Waals surface area contributed by atoms with Crippen LogP contribution in [-0.4, -0.2) is 30.9 Å². The van der Waals surface area contributed by atoms with E-state index in [0.717, 1.165) is 22.4 Å². The minimum Gasteiger partial charge on any atom is -0.310 e. The first-order valence-corrected chi connectivity index (χ1v) is 10.2. The van der Waals surface area contributed by atoms with Crippen molar-refractivity contribution in [3.8, 4) is 17.2 Å². The van der Waals surface area contributed by atoms with Gasteiger partial charge in [-0.05, 0) is 36.2 Å². The highest BCUT2D eigenvalue weighted by Gasteiger charge is 2.33. The third-order valence-electron chi connectivity index (χ3n) is 5.13. The monoisotopic (exact) mass is 402 g/mol. The van der Waals surface area contributed by atoms with Gasteiger partial charge in [0.15, 0.2) is 0 Å². The lowest BCUT2D eigenvalue weighted by Crippen LogP contribution is -2.25. The van der Waals surface area contributed by atoms with E-state index < -0.39 is 0 Å². The van der Waals surface area contributed by atoms with Crippen molar-refractivity contribution in [2.24, 2.45) is 0 Å². The number of fused-ring (bicyclic) bond motifs is 1. The average molecular weight is 402 g/mol. The molecule has 0 aliphatic carbocycles. The molecule has 0 radical (unpaired) electrons. The maximum Gasteiger partial charge on any atom is 0.272 e. The zero-order chi connectivity index (χ0) is 20.0. The molecule has 0 unspecified atom stereocenters. The van der Waals surface area contributed by atoms with E-state index in [1.807, 2.05) is 43.5 Å². The zero-order valence-electron chi connectivity index (χ0n) is 16.0. The van der Waals surface area contributed by atoms with Crippen LogP contribution in [0.5, 0.6) is 0 Å². The molecule has 0 bridgehead atoms. The summed E-state index contributed by atoms with van der Waals surface area (Å²) in [5, 5.41) is 20.0. The van der Waals surface area contributed by atoms with Crippen LogP contribution in [0.2, 0.25) is 0 Å². The largest absolute Gasteiger partial charge is 0.310 e. The van der Waals surface area contributed by atoms with Crippen LogP contribution in [0.25, 0.3) is 17.2 Å². The lowest BCUT2D eigenvalue weighted by atomic mass is 9.87. The zero-order valence-corrected chi connectivity index (χ0v) is 16.8. The van der Waals surface area contributed by atoms with Gasteiger partial charge in [0.25, 0.3) is 5.95 Å². The number of hydrogen-bond donors (Lipinski definition) is 1. The van der Waals surface area contributed by atoms with Crippen LogP contribution in [-0.2, 0) is 4.79 Å². The summed E-state index contributed by atoms with van der Waals surface area (Å²) >= 11 is 1.63. The molecule has 1 atom stereocenters. The molecule has 0 saturated heterocycles. The van der Waals surface area contributed by atoms with Crippen LogP contribution in [0.4, 0.5) is 5.82 Å². The van der Waals surface area contributed by atoms with Crippen molar-refractivity contribution >= 4 is 23.1 Å². The number of amides is 1. The van der Waals surface area contributed by atoms with Crippen molar-refractivity contribution in [1.29, 1.82) is 0 Å². The number of carbonyl (C=O) groups is 1. The maximum absolute atomic E-state index is 12.4. The van der Waals surface area contributed by atoms with Gasteiger partial charge >= 0.3 is 0 Å². The summed E-state index contributed by atoms with van der Waals surface area (Å²) in [5.41, 5.74) is 5.81. The topological polar surface area (TPSA) is 85.6 Å². The number of thiophene rings is 1. The molecular formula is C21H18N6OS. The number of anilines is 1. The van der Waals surface area contributed by atoms with Crippen LogP contribution in [0.3, 0.4) is 0 Å². The Kier molecular flexibility index (Phi) is 4.21. The van der Waals surface area contributed by atoms with Crippen molar-refractivity contribution in [3.63, 3.8) is 0 Å². The molecule has 1 aromatic carbocycles. The third kappa shape index (κ3) is 3.11. The van der Waals surface area contributed by atoms with E-state index in [-0.39, 0.29) is 11.8 Å². The van der Waals surface area contributed by atoms with Crippen LogP contribution in [0.1, 0.15) is 34.7 Å². The van der Waals surface area contributed by atoms with Crippen LogP contribution in [0, 0.1) is 13.8 Å². The predicted molar refractivity (Wildman–Crippen MR) is 111 cm³/mol. The molecule has 8 heteroatoms. The van der Waals surface area contributed by atoms with Gasteiger partial charge in [-0.15, -0.1) is 5.10 Å². The Labute approximate surface area is 171 Å². The number of nitrogens with zero attached hydrogens (tertiary/aromatic N) is 5. The van der Waals surface area contributed by atoms with Crippen molar-refractivity contribution in [2.45, 2.75) is 26.2 Å². The van der Waals surface area contributed by atoms with E-state index in [1.165, 1.54) is 5.56 Å². The van der Waals surface area contributed by atoms with Gasteiger partial charge in [-0.2, -0.15) is 26.2 Å². The highest BCUT2D eigenvalue weighted by atomic mass is 32.1. The molecule has 0 saturated carbocycles. The minimum atomic E-state index is -0.0440. The molecule has 3 aromatic heterocycles. The fourth-order valence-electron chi connectivity index (χ4n) is 3.70. The van der Waals surface area contributed by atoms with Gasteiger partial charge in [-0.1, -0.05) is 29.8 Å². The molecule has 144 valence electrons. The van der Waals surface area contributed by atoms with E-state index in [1.54, 1.807) is 22.2 Å². The Bertz CT molecular complexity index is 1200. The summed E-state index contributed by atoms with van der Waals surface area (Å²) in [4.78, 5) is 17.1. The van der Waals surface area contributed by atoms with Gasteiger partial charge in [-0.25, -0.2) is 4.98 Å². The number of nitrogens with one attached hydrogen (secondary N) is 1. The van der Waals surface area contributed by atoms with Gasteiger partial charge in [0.2, 0.25) is 5.91 Å². The summed E-state index contributed by atoms with van der Waals surface area (Å²) in [6, 6.07) is 10.1. The van der Waals surface area contributed by atoms with Gasteiger partial charge in [-0.3, -0.25) is 4.79 Å². The van der Waals surface area contributed by atoms with Crippen molar-refractivity contribution in [1.82, 2.24) is 25.0 Å². The number of aryl methyl sites for hydroxylation is 2. The second-order valence-corrected chi connectivity index (χ2v) is 7.91. The standard InChI is InChI=1S/C21H18N6OS/c1-12-3-5-14(6-4-12)17-10-22-25-21(23-17)27-20-19(13(2)26-27)16(9-18(28)24-20)15-7-8-29-11-15/h3-8,10-11,16H,9H2,1-2H3,(H,24,28)/t16-/m1/s1. The van der Waals surface area contributed by atoms with E-state index >= 15 is 0 Å². The number of carbonyl (C=O) groups excluding carboxylic acids is 1. The quantitative estimate of drug-likeness (QED) is 0.562. The first-order valence-electron chi connectivity index (χ1n) is 9.29. The molecular weight excluding hydrogens is 384 g/mol. The molecule has 0 spiro atoms. The summed E-state index contributed by atoms with van der Waals surface area (Å²) in [6.45, 7) is 3.99. The second kappa shape index (κ2) is 6.89. The van der Waals surface area contributed by atoms with Gasteiger partial charge in [0.1, 0.15) is 5.82 Å². The van der Waals surface area contributed by atoms with Gasteiger partial charge in [0, 0.05) is 23.5 Å². The highest BCUT2D eigenvalue weighted by molar-refractivity contribution is 7.08. The molecule has 0 fully saturated rings. The Hall–Kier alpha value is -3.39. The maximum atomic E-state index is 12.4. The number of benzene rings is 1. The molecule has 4 heterocycles. The average Bonchev–Trinajstić information content (AvgIpc) is 3.37. The van der Waals surface area contributed by atoms with E-state index in [2.05, 4.69) is 37.0 Å². The summed E-state index contributed by atoms with van der Waals surface area (Å²) in [6.07, 6.45) is 2.03. The smallest absolute Gasteiger partial charge is 0.272 e. The first kappa shape index (κ1) is 17.7. The normalized spacial score (nSPS) is 15.8. The van der Waals surface area contributed by atoms with E-state index in [4.69, 9.17) is 0 Å². The molecule has 1 amide bonds. The number of hydrogen-bond acceptors (Lipinski definition) is 6. The Morgan fingerprint density at radius 3 is 2.76 bits per heavy atom. The number of rotatable bonds is 3. The molecule has 29 heavy (non-hydrogen) atoms. The molecule has 4 aromatic rings. The van der Waals surface area contributed by atoms with Crippen molar-refractivity contribution in [2.75, 3.05) is 5.32 Å². The molecule has 7 nitrogen and oxygen atoms in total. The Morgan fingerprint density at radius 1 is 1.17 bits per heavy atom. The van der Waals surface area contributed by atoms with Crippen LogP contribution < -0.4 is 5.32 Å². The van der Waals surface area contributed by atoms with Crippen molar-refractivity contribution in [3.05, 3.63) is 69.7 Å². The Balaban J connectivity index is 1.62. The van der Waals surface area contributed by atoms with E-state index in [0.29, 0.717) is 23.9 Å². The first-order chi connectivity index (χ1) is 14.1. The number of aromatic nitrogens is 5. The van der Waals surface area contributed by atoms with Crippen molar-refractivity contribution < 1.29 is 4.79 Å². The van der Waals surface area contributed by atoms with Gasteiger partial charge in [0.05, 0.1) is 17.6 Å².